The zero-order valence-electron chi connectivity index (χ0n) is 81.0. The molecule has 136 heavy (non-hydrogen) atoms. The summed E-state index contributed by atoms with van der Waals surface area (Å²) in [6.07, 6.45) is 26.8. The van der Waals surface area contributed by atoms with Gasteiger partial charge in [0.1, 0.15) is 52.1 Å². The number of aromatic amines is 3. The number of allylic oxidation sites excluding steroid dienone is 3. The minimum atomic E-state index is -0.578. The van der Waals surface area contributed by atoms with Crippen molar-refractivity contribution in [1.29, 1.82) is 0 Å². The van der Waals surface area contributed by atoms with E-state index in [0.717, 1.165) is 145 Å². The number of alkyl carbamates (subject to hydrolysis) is 2. The maximum Gasteiger partial charge on any atom is 0.410 e. The molecule has 3 fully saturated rings. The van der Waals surface area contributed by atoms with Gasteiger partial charge >= 0.3 is 36.6 Å². The number of hydrogen-bond donors (Lipinski definition) is 5. The molecule has 6 atom stereocenters. The first kappa shape index (κ1) is 97.6. The van der Waals surface area contributed by atoms with Crippen LogP contribution < -0.4 is 10.6 Å². The topological polar surface area (TPSA) is 395 Å². The number of aliphatic imine (C=N–C) groups is 3. The fourth-order valence-electron chi connectivity index (χ4n) is 16.1. The van der Waals surface area contributed by atoms with Gasteiger partial charge in [0, 0.05) is 152 Å². The molecule has 33 heteroatoms. The minimum absolute atomic E-state index is 0.0276. The van der Waals surface area contributed by atoms with E-state index in [1.807, 2.05) is 264 Å². The molecule has 6 amide bonds. The van der Waals surface area contributed by atoms with Crippen LogP contribution in [0.1, 0.15) is 240 Å². The lowest BCUT2D eigenvalue weighted by molar-refractivity contribution is 0.0222. The molecule has 0 radical (unpaired) electrons. The number of benzene rings is 4. The van der Waals surface area contributed by atoms with Gasteiger partial charge in [-0.1, -0.05) is 103 Å². The first-order valence-corrected chi connectivity index (χ1v) is 46.2. The molecule has 0 unspecified atom stereocenters. The number of carbonyl (C=O) groups excluding carboxylic acids is 6. The van der Waals surface area contributed by atoms with Crippen LogP contribution in [0.15, 0.2) is 192 Å². The van der Waals surface area contributed by atoms with E-state index in [0.29, 0.717) is 73.8 Å². The molecule has 0 spiro atoms. The Morgan fingerprint density at radius 1 is 0.375 bits per heavy atom. The van der Waals surface area contributed by atoms with Crippen molar-refractivity contribution in [3.63, 3.8) is 0 Å². The Kier molecular flexibility index (Phi) is 29.9. The molecule has 6 aliphatic rings. The molecule has 712 valence electrons. The number of rotatable bonds is 20. The molecular formula is C103H123N21O12. The number of hydrogen-bond acceptors (Lipinski definition) is 24. The van der Waals surface area contributed by atoms with Crippen molar-refractivity contribution in [3.8, 4) is 67.9 Å². The van der Waals surface area contributed by atoms with Crippen molar-refractivity contribution in [2.24, 2.45) is 15.0 Å². The molecule has 0 bridgehead atoms. The number of likely N-dealkylation sites (tertiary alicyclic amines) is 3. The number of aromatic nitrogens is 12. The highest BCUT2D eigenvalue weighted by Crippen LogP contribution is 2.38. The van der Waals surface area contributed by atoms with Gasteiger partial charge in [0.25, 0.3) is 0 Å². The van der Waals surface area contributed by atoms with Crippen LogP contribution in [-0.4, -0.2) is 206 Å². The number of ether oxygens (including phenoxy) is 6. The lowest BCUT2D eigenvalue weighted by atomic mass is 9.98. The summed E-state index contributed by atoms with van der Waals surface area (Å²) in [7, 11) is 1.70. The second kappa shape index (κ2) is 41.6. The number of nitrogens with one attached hydrogen (secondary N) is 5. The lowest BCUT2D eigenvalue weighted by Gasteiger charge is -2.28. The minimum Gasteiger partial charge on any atom is -0.445 e. The average Bonchev–Trinajstić information content (AvgIpc) is 1.66. The van der Waals surface area contributed by atoms with Crippen molar-refractivity contribution in [1.82, 2.24) is 90.0 Å². The molecule has 12 heterocycles. The summed E-state index contributed by atoms with van der Waals surface area (Å²) in [5, 5.41) is 5.60. The molecule has 4 aromatic carbocycles. The van der Waals surface area contributed by atoms with Gasteiger partial charge in [-0.05, 0) is 202 Å². The van der Waals surface area contributed by atoms with Crippen LogP contribution in [0.2, 0.25) is 0 Å². The monoisotopic (exact) mass is 1850 g/mol. The highest BCUT2D eigenvalue weighted by Gasteiger charge is 2.41. The Balaban J connectivity index is 0.000000163. The van der Waals surface area contributed by atoms with Gasteiger partial charge in [0.15, 0.2) is 17.5 Å². The second-order valence-corrected chi connectivity index (χ2v) is 39.6. The third-order valence-electron chi connectivity index (χ3n) is 23.0. The van der Waals surface area contributed by atoms with Crippen LogP contribution in [0.4, 0.5) is 28.8 Å². The first-order valence-electron chi connectivity index (χ1n) is 46.2. The van der Waals surface area contributed by atoms with Crippen LogP contribution in [0.3, 0.4) is 0 Å². The number of amides is 6. The SMILES string of the molecule is C[C@@H](c1ncc(-c2ccc(-c3ncc(C4=CN=C([C@@H]5CCCN5C(=O)OC(C)(C)C)C4)cn3)cc2)[nH]1)N(C)C(=O)OC(C)(C)C.C[C@H](NC(=O)OC(C)(C)C)c1ncc(-c2cnc(-c3ccc(C4=CN=C([C@@H]5CCCN5C(=O)OC(C)(C)C)C4)cc3)nc2)[nH]1.C[C@H](NC(=O)OCc1ccccc1)c1ncc(-c2ccc(-c3ncc(C4=CN=C([C@@H]5CCCN5C(=O)OC(C)(C)C)C4)cn3)cc2)[nH]1. The number of nitrogens with zero attached hydrogens (tertiary/aromatic N) is 16. The van der Waals surface area contributed by atoms with E-state index >= 15 is 0 Å². The Morgan fingerprint density at radius 3 is 1.06 bits per heavy atom. The summed E-state index contributed by atoms with van der Waals surface area (Å²) in [4.78, 5) is 147. The summed E-state index contributed by atoms with van der Waals surface area (Å²) in [6.45, 7) is 35.7. The van der Waals surface area contributed by atoms with E-state index in [1.165, 1.54) is 4.90 Å². The number of imidazole rings is 3. The quantitative estimate of drug-likeness (QED) is 0.0442. The predicted molar refractivity (Wildman–Crippen MR) is 521 cm³/mol. The largest absolute Gasteiger partial charge is 0.445 e. The Labute approximate surface area is 793 Å². The standard InChI is InChI=1S/C36H39N7O4.C34H43N7O4.C33H41N7O4/c1-23(41-34(44)46-22-24-9-6-5-7-10-24)32-40-21-30(42-32)25-12-14-26(15-13-25)33-38-19-28(20-39-33)27-17-29(37-18-27)31-11-8-16-43(31)35(45)47-36(2,3)4;1-21(40(8)31(42)44-33(2,3)4)29-38-20-27(39-29)22-11-13-23(14-12-22)30-36-18-25(19-37-30)24-16-26(35-17-24)28-10-9-15-41(28)32(43)45-34(5,6)7;1-20(38-30(41)43-32(2,3)4)28-37-19-26(39-28)24-17-35-29(36-18-24)22-12-10-21(11-13-22)23-15-25(34-16-23)27-9-8-14-40(27)31(42)44-33(5,6)7/h5-7,9-10,12-15,18-21,23,31H,8,11,16-17,22H2,1-4H3,(H,40,42)(H,41,44);11-14,17-21,28H,9-10,15-16H2,1-8H3,(H,38,39);10-13,16-20,27H,8-9,14-15H2,1-7H3,(H,37,39)(H,38,41)/t23-,31-;21-,28-;20-,27-/m000/s1. The van der Waals surface area contributed by atoms with Crippen LogP contribution in [0, 0.1) is 0 Å². The number of H-pyrrole nitrogens is 3. The third kappa shape index (κ3) is 25.8. The van der Waals surface area contributed by atoms with Gasteiger partial charge in [-0.2, -0.15) is 0 Å². The smallest absolute Gasteiger partial charge is 0.410 e. The van der Waals surface area contributed by atoms with Gasteiger partial charge < -0.3 is 58.9 Å². The molecule has 6 aliphatic heterocycles. The summed E-state index contributed by atoms with van der Waals surface area (Å²) in [5.41, 5.74) is 14.9. The number of carbonyl (C=O) groups is 6. The molecule has 33 nitrogen and oxygen atoms in total. The van der Waals surface area contributed by atoms with Gasteiger partial charge in [0.05, 0.1) is 71.9 Å². The van der Waals surface area contributed by atoms with E-state index in [4.69, 9.17) is 33.4 Å². The molecule has 5 N–H and O–H groups in total. The van der Waals surface area contributed by atoms with Crippen molar-refractivity contribution in [2.45, 2.75) is 253 Å². The normalized spacial score (nSPS) is 17.3. The molecule has 3 saturated heterocycles. The summed E-state index contributed by atoms with van der Waals surface area (Å²) < 4.78 is 33.0. The van der Waals surface area contributed by atoms with Crippen molar-refractivity contribution in [3.05, 3.63) is 217 Å². The third-order valence-corrected chi connectivity index (χ3v) is 23.0. The van der Waals surface area contributed by atoms with Crippen LogP contribution >= 0.6 is 0 Å². The van der Waals surface area contributed by atoms with Gasteiger partial charge in [-0.3, -0.25) is 29.7 Å². The Hall–Kier alpha value is -14.4. The Bertz CT molecular complexity index is 6110. The average molecular weight is 1850 g/mol. The van der Waals surface area contributed by atoms with E-state index < -0.39 is 46.3 Å². The zero-order valence-corrected chi connectivity index (χ0v) is 81.0. The highest BCUT2D eigenvalue weighted by atomic mass is 16.6. The Morgan fingerprint density at radius 2 is 0.691 bits per heavy atom. The molecule has 10 aromatic rings. The molecular weight excluding hydrogens is 1720 g/mol. The van der Waals surface area contributed by atoms with Gasteiger partial charge in [-0.25, -0.2) is 73.6 Å². The molecule has 16 rings (SSSR count). The van der Waals surface area contributed by atoms with Crippen LogP contribution in [0.5, 0.6) is 0 Å². The maximum atomic E-state index is 12.8. The van der Waals surface area contributed by atoms with Crippen LogP contribution in [0.25, 0.3) is 84.7 Å². The van der Waals surface area contributed by atoms with E-state index in [-0.39, 0.29) is 61.1 Å². The van der Waals surface area contributed by atoms with E-state index in [9.17, 15) is 28.8 Å². The summed E-state index contributed by atoms with van der Waals surface area (Å²) in [5.74, 6) is 3.73. The second-order valence-electron chi connectivity index (χ2n) is 39.6. The molecule has 0 saturated carbocycles. The zero-order chi connectivity index (χ0) is 97.1. The fourth-order valence-corrected chi connectivity index (χ4v) is 16.1. The van der Waals surface area contributed by atoms with E-state index in [2.05, 4.69) is 92.6 Å². The highest BCUT2D eigenvalue weighted by molar-refractivity contribution is 6.05. The van der Waals surface area contributed by atoms with Crippen molar-refractivity contribution < 1.29 is 57.2 Å². The summed E-state index contributed by atoms with van der Waals surface area (Å²) in [6, 6.07) is 32.3. The van der Waals surface area contributed by atoms with Crippen LogP contribution in [-0.2, 0) is 35.0 Å². The molecule has 0 aliphatic carbocycles. The molecule has 6 aromatic heterocycles. The van der Waals surface area contributed by atoms with Gasteiger partial charge in [-0.15, -0.1) is 0 Å². The predicted octanol–water partition coefficient (Wildman–Crippen LogP) is 20.9. The first-order chi connectivity index (χ1) is 64.6. The van der Waals surface area contributed by atoms with E-state index in [1.54, 1.807) is 47.8 Å². The van der Waals surface area contributed by atoms with Gasteiger partial charge in [0.2, 0.25) is 0 Å². The fraction of sp³-hybridized carbons (Fsp3) is 0.417. The summed E-state index contributed by atoms with van der Waals surface area (Å²) >= 11 is 0. The maximum absolute atomic E-state index is 12.8. The van der Waals surface area contributed by atoms with Crippen molar-refractivity contribution >= 4 is 70.4 Å². The lowest BCUT2D eigenvalue weighted by Crippen LogP contribution is -2.43. The van der Waals surface area contributed by atoms with Crippen molar-refractivity contribution in [2.75, 3.05) is 26.7 Å².